The highest BCUT2D eigenvalue weighted by Gasteiger charge is 2.31. The van der Waals surface area contributed by atoms with Crippen molar-refractivity contribution >= 4 is 33.1 Å². The summed E-state index contributed by atoms with van der Waals surface area (Å²) >= 11 is 3.14. The summed E-state index contributed by atoms with van der Waals surface area (Å²) in [7, 11) is 0. The highest BCUT2D eigenvalue weighted by Crippen LogP contribution is 2.33. The highest BCUT2D eigenvalue weighted by atomic mass is 79.9. The molecule has 3 nitrogen and oxygen atoms in total. The molecule has 0 unspecified atom stereocenters. The molecule has 0 radical (unpaired) electrons. The number of benzene rings is 1. The normalized spacial score (nSPS) is 11.4. The monoisotopic (exact) mass is 349 g/mol. The number of nitrogen functional groups attached to an aromatic ring is 1. The zero-order valence-electron chi connectivity index (χ0n) is 9.80. The number of rotatable bonds is 2. The minimum Gasteiger partial charge on any atom is -0.396 e. The predicted molar refractivity (Wildman–Crippen MR) is 71.0 cm³/mol. The van der Waals surface area contributed by atoms with Crippen molar-refractivity contribution in [3.8, 4) is 0 Å². The van der Waals surface area contributed by atoms with Gasteiger partial charge in [0, 0.05) is 10.7 Å². The molecule has 3 N–H and O–H groups in total. The quantitative estimate of drug-likeness (QED) is 0.793. The van der Waals surface area contributed by atoms with Gasteiger partial charge in [0.2, 0.25) is 0 Å². The molecule has 1 heterocycles. The maximum Gasteiger partial charge on any atom is 0.416 e. The summed E-state index contributed by atoms with van der Waals surface area (Å²) in [6.45, 7) is 0. The maximum absolute atomic E-state index is 13.5. The average molecular weight is 350 g/mol. The van der Waals surface area contributed by atoms with Crippen molar-refractivity contribution in [1.29, 1.82) is 0 Å². The van der Waals surface area contributed by atoms with Gasteiger partial charge in [-0.05, 0) is 40.2 Å². The van der Waals surface area contributed by atoms with Crippen LogP contribution in [-0.4, -0.2) is 4.98 Å². The van der Waals surface area contributed by atoms with Crippen LogP contribution in [0.5, 0.6) is 0 Å². The predicted octanol–water partition coefficient (Wildman–Crippen LogP) is 4.33. The second-order valence-corrected chi connectivity index (χ2v) is 4.82. The van der Waals surface area contributed by atoms with E-state index < -0.39 is 17.6 Å². The lowest BCUT2D eigenvalue weighted by atomic mass is 10.2. The van der Waals surface area contributed by atoms with Gasteiger partial charge in [-0.2, -0.15) is 13.2 Å². The summed E-state index contributed by atoms with van der Waals surface area (Å²) in [6, 6.07) is 3.57. The minimum atomic E-state index is -4.55. The Bertz CT molecular complexity index is 643. The van der Waals surface area contributed by atoms with Gasteiger partial charge in [-0.25, -0.2) is 9.37 Å². The van der Waals surface area contributed by atoms with E-state index >= 15 is 0 Å². The molecule has 0 amide bonds. The molecule has 0 atom stereocenters. The Labute approximate surface area is 119 Å². The molecule has 0 saturated heterocycles. The van der Waals surface area contributed by atoms with Crippen LogP contribution >= 0.6 is 15.9 Å². The topological polar surface area (TPSA) is 50.9 Å². The Balaban J connectivity index is 2.38. The number of hydrogen-bond acceptors (Lipinski definition) is 3. The number of aromatic nitrogens is 1. The summed E-state index contributed by atoms with van der Waals surface area (Å²) in [6.07, 6.45) is -3.16. The summed E-state index contributed by atoms with van der Waals surface area (Å²) in [4.78, 5) is 3.88. The molecule has 2 aromatic rings. The van der Waals surface area contributed by atoms with Crippen LogP contribution in [0, 0.1) is 5.82 Å². The summed E-state index contributed by atoms with van der Waals surface area (Å²) in [5.74, 6) is -0.756. The van der Waals surface area contributed by atoms with Crippen LogP contribution in [0.4, 0.5) is 34.8 Å². The van der Waals surface area contributed by atoms with Gasteiger partial charge in [-0.1, -0.05) is 0 Å². The fraction of sp³-hybridized carbons (Fsp3) is 0.0833. The van der Waals surface area contributed by atoms with Crippen molar-refractivity contribution in [3.63, 3.8) is 0 Å². The summed E-state index contributed by atoms with van der Waals surface area (Å²) in [5.41, 5.74) is 4.51. The number of halogens is 5. The first kappa shape index (κ1) is 14.6. The zero-order valence-corrected chi connectivity index (χ0v) is 11.4. The van der Waals surface area contributed by atoms with Crippen molar-refractivity contribution < 1.29 is 17.6 Å². The van der Waals surface area contributed by atoms with Gasteiger partial charge in [-0.3, -0.25) is 0 Å². The van der Waals surface area contributed by atoms with E-state index in [2.05, 4.69) is 26.2 Å². The van der Waals surface area contributed by atoms with Crippen LogP contribution in [0.1, 0.15) is 5.56 Å². The molecule has 0 aliphatic carbocycles. The van der Waals surface area contributed by atoms with Crippen LogP contribution in [0.3, 0.4) is 0 Å². The van der Waals surface area contributed by atoms with E-state index in [0.717, 1.165) is 6.07 Å². The SMILES string of the molecule is Nc1cc(Br)cnc1Nc1cc(C(F)(F)F)ccc1F. The molecular weight excluding hydrogens is 342 g/mol. The second-order valence-electron chi connectivity index (χ2n) is 3.91. The number of alkyl halides is 3. The number of anilines is 3. The molecule has 1 aromatic carbocycles. The number of nitrogens with two attached hydrogens (primary N) is 1. The maximum atomic E-state index is 13.5. The van der Waals surface area contributed by atoms with Crippen LogP contribution in [-0.2, 0) is 6.18 Å². The van der Waals surface area contributed by atoms with Crippen LogP contribution in [0.15, 0.2) is 34.9 Å². The highest BCUT2D eigenvalue weighted by molar-refractivity contribution is 9.10. The Hall–Kier alpha value is -1.83. The van der Waals surface area contributed by atoms with E-state index in [0.29, 0.717) is 16.6 Å². The molecule has 0 aliphatic rings. The van der Waals surface area contributed by atoms with E-state index in [1.54, 1.807) is 0 Å². The van der Waals surface area contributed by atoms with E-state index in [9.17, 15) is 17.6 Å². The second kappa shape index (κ2) is 5.28. The Morgan fingerprint density at radius 2 is 1.90 bits per heavy atom. The third-order valence-corrected chi connectivity index (χ3v) is 2.86. The fourth-order valence-corrected chi connectivity index (χ4v) is 1.83. The molecule has 0 fully saturated rings. The lowest BCUT2D eigenvalue weighted by molar-refractivity contribution is -0.137. The number of hydrogen-bond donors (Lipinski definition) is 2. The van der Waals surface area contributed by atoms with E-state index in [1.165, 1.54) is 12.3 Å². The molecule has 0 aliphatic heterocycles. The van der Waals surface area contributed by atoms with Crippen LogP contribution in [0.25, 0.3) is 0 Å². The van der Waals surface area contributed by atoms with E-state index in [-0.39, 0.29) is 17.2 Å². The molecule has 0 bridgehead atoms. The van der Waals surface area contributed by atoms with Crippen molar-refractivity contribution in [3.05, 3.63) is 46.3 Å². The first-order valence-corrected chi connectivity index (χ1v) is 6.11. The molecule has 20 heavy (non-hydrogen) atoms. The third kappa shape index (κ3) is 3.19. The van der Waals surface area contributed by atoms with E-state index in [4.69, 9.17) is 5.73 Å². The van der Waals surface area contributed by atoms with Gasteiger partial charge >= 0.3 is 6.18 Å². The Morgan fingerprint density at radius 1 is 1.20 bits per heavy atom. The zero-order chi connectivity index (χ0) is 14.9. The number of pyridine rings is 1. The smallest absolute Gasteiger partial charge is 0.396 e. The Kier molecular flexibility index (Phi) is 3.85. The minimum absolute atomic E-state index is 0.0754. The van der Waals surface area contributed by atoms with Crippen LogP contribution in [0.2, 0.25) is 0 Å². The standard InChI is InChI=1S/C12H8BrF4N3/c13-7-4-9(18)11(19-5-7)20-10-3-6(12(15,16)17)1-2-8(10)14/h1-5H,18H2,(H,19,20). The van der Waals surface area contributed by atoms with Gasteiger partial charge in [0.15, 0.2) is 5.82 Å². The van der Waals surface area contributed by atoms with Gasteiger partial charge in [0.25, 0.3) is 0 Å². The summed E-state index contributed by atoms with van der Waals surface area (Å²) in [5, 5.41) is 2.45. The van der Waals surface area contributed by atoms with Crippen LogP contribution < -0.4 is 11.1 Å². The van der Waals surface area contributed by atoms with E-state index in [1.807, 2.05) is 0 Å². The van der Waals surface area contributed by atoms with Crippen molar-refractivity contribution in [2.45, 2.75) is 6.18 Å². The third-order valence-electron chi connectivity index (χ3n) is 2.43. The fourth-order valence-electron chi connectivity index (χ4n) is 1.48. The first-order chi connectivity index (χ1) is 9.27. The molecule has 0 saturated carbocycles. The Morgan fingerprint density at radius 3 is 2.50 bits per heavy atom. The van der Waals surface area contributed by atoms with Gasteiger partial charge in [-0.15, -0.1) is 0 Å². The molecule has 2 rings (SSSR count). The van der Waals surface area contributed by atoms with Gasteiger partial charge in [0.05, 0.1) is 16.9 Å². The lowest BCUT2D eigenvalue weighted by Gasteiger charge is -2.12. The molecule has 8 heteroatoms. The van der Waals surface area contributed by atoms with Gasteiger partial charge in [0.1, 0.15) is 5.82 Å². The van der Waals surface area contributed by atoms with Crippen molar-refractivity contribution in [2.75, 3.05) is 11.1 Å². The molecule has 0 spiro atoms. The largest absolute Gasteiger partial charge is 0.416 e. The van der Waals surface area contributed by atoms with Gasteiger partial charge < -0.3 is 11.1 Å². The number of nitrogens with one attached hydrogen (secondary N) is 1. The lowest BCUT2D eigenvalue weighted by Crippen LogP contribution is -2.07. The van der Waals surface area contributed by atoms with Crippen molar-refractivity contribution in [1.82, 2.24) is 4.98 Å². The molecule has 106 valence electrons. The molecular formula is C12H8BrF4N3. The number of nitrogens with zero attached hydrogens (tertiary/aromatic N) is 1. The summed E-state index contributed by atoms with van der Waals surface area (Å²) < 4.78 is 51.9. The molecule has 1 aromatic heterocycles. The van der Waals surface area contributed by atoms with Crippen molar-refractivity contribution in [2.24, 2.45) is 0 Å². The first-order valence-electron chi connectivity index (χ1n) is 5.32. The average Bonchev–Trinajstić information content (AvgIpc) is 2.33.